The van der Waals surface area contributed by atoms with E-state index in [0.29, 0.717) is 0 Å². The van der Waals surface area contributed by atoms with Gasteiger partial charge in [0.2, 0.25) is 0 Å². The highest BCUT2D eigenvalue weighted by molar-refractivity contribution is 5.85. The van der Waals surface area contributed by atoms with Crippen LogP contribution in [-0.2, 0) is 0 Å². The van der Waals surface area contributed by atoms with Crippen molar-refractivity contribution in [3.63, 3.8) is 0 Å². The molecule has 0 saturated carbocycles. The van der Waals surface area contributed by atoms with Crippen LogP contribution in [-0.4, -0.2) is 7.11 Å². The second-order valence-electron chi connectivity index (χ2n) is 5.15. The summed E-state index contributed by atoms with van der Waals surface area (Å²) < 4.78 is 5.18. The van der Waals surface area contributed by atoms with Crippen LogP contribution in [0.3, 0.4) is 0 Å². The van der Waals surface area contributed by atoms with E-state index in [1.54, 1.807) is 7.11 Å². The summed E-state index contributed by atoms with van der Waals surface area (Å²) in [5.41, 5.74) is 7.54. The molecule has 0 aromatic heterocycles. The molecule has 2 nitrogen and oxygen atoms in total. The first-order valence-corrected chi connectivity index (χ1v) is 5.32. The van der Waals surface area contributed by atoms with E-state index in [2.05, 4.69) is 26.8 Å². The molecule has 0 fully saturated rings. The van der Waals surface area contributed by atoms with Crippen molar-refractivity contribution in [2.45, 2.75) is 33.2 Å². The minimum atomic E-state index is 0. The average molecular weight is 244 g/mol. The molecule has 1 aromatic rings. The Morgan fingerprint density at radius 3 is 2.44 bits per heavy atom. The van der Waals surface area contributed by atoms with E-state index < -0.39 is 0 Å². The third-order valence-electron chi connectivity index (χ3n) is 2.35. The third kappa shape index (κ3) is 4.86. The fourth-order valence-electron chi connectivity index (χ4n) is 1.65. The van der Waals surface area contributed by atoms with Gasteiger partial charge in [0.25, 0.3) is 0 Å². The smallest absolute Gasteiger partial charge is 0.119 e. The molecule has 0 bridgehead atoms. The Labute approximate surface area is 105 Å². The number of hydrogen-bond acceptors (Lipinski definition) is 2. The van der Waals surface area contributed by atoms with Crippen molar-refractivity contribution in [1.82, 2.24) is 0 Å². The van der Waals surface area contributed by atoms with Crippen molar-refractivity contribution >= 4 is 12.4 Å². The monoisotopic (exact) mass is 243 g/mol. The first-order chi connectivity index (χ1) is 6.92. The van der Waals surface area contributed by atoms with E-state index in [1.807, 2.05) is 18.2 Å². The van der Waals surface area contributed by atoms with Gasteiger partial charge >= 0.3 is 0 Å². The molecule has 2 N–H and O–H groups in total. The highest BCUT2D eigenvalue weighted by Crippen LogP contribution is 2.28. The van der Waals surface area contributed by atoms with Crippen LogP contribution in [0.1, 0.15) is 38.8 Å². The maximum atomic E-state index is 6.15. The molecule has 0 saturated heterocycles. The first kappa shape index (κ1) is 15.3. The van der Waals surface area contributed by atoms with Gasteiger partial charge in [-0.2, -0.15) is 0 Å². The van der Waals surface area contributed by atoms with Crippen LogP contribution in [0.5, 0.6) is 5.75 Å². The van der Waals surface area contributed by atoms with Crippen molar-refractivity contribution in [2.75, 3.05) is 7.11 Å². The van der Waals surface area contributed by atoms with E-state index in [9.17, 15) is 0 Å². The summed E-state index contributed by atoms with van der Waals surface area (Å²) in [7, 11) is 1.67. The molecule has 16 heavy (non-hydrogen) atoms. The molecule has 92 valence electrons. The predicted molar refractivity (Wildman–Crippen MR) is 71.2 cm³/mol. The van der Waals surface area contributed by atoms with E-state index in [-0.39, 0.29) is 23.9 Å². The molecule has 0 spiro atoms. The molecular formula is C13H22ClNO. The number of methoxy groups -OCH3 is 1. The molecule has 1 atom stereocenters. The van der Waals surface area contributed by atoms with Crippen molar-refractivity contribution < 1.29 is 4.74 Å². The number of hydrogen-bond donors (Lipinski definition) is 1. The zero-order valence-corrected chi connectivity index (χ0v) is 11.3. The predicted octanol–water partition coefficient (Wildman–Crippen LogP) is 3.55. The van der Waals surface area contributed by atoms with E-state index in [0.717, 1.165) is 17.7 Å². The Morgan fingerprint density at radius 1 is 1.31 bits per heavy atom. The van der Waals surface area contributed by atoms with Crippen LogP contribution in [0.25, 0.3) is 0 Å². The molecule has 0 aliphatic carbocycles. The SMILES string of the molecule is COc1cccc(C(N)CC(C)(C)C)c1.Cl. The van der Waals surface area contributed by atoms with Crippen LogP contribution in [0.2, 0.25) is 0 Å². The topological polar surface area (TPSA) is 35.2 Å². The Balaban J connectivity index is 0.00000225. The van der Waals surface area contributed by atoms with Crippen molar-refractivity contribution in [3.8, 4) is 5.75 Å². The van der Waals surface area contributed by atoms with Gasteiger partial charge in [0.05, 0.1) is 7.11 Å². The molecule has 1 rings (SSSR count). The van der Waals surface area contributed by atoms with Crippen LogP contribution < -0.4 is 10.5 Å². The number of halogens is 1. The Kier molecular flexibility index (Phi) is 5.84. The average Bonchev–Trinajstić information content (AvgIpc) is 2.15. The number of ether oxygens (including phenoxy) is 1. The van der Waals surface area contributed by atoms with Crippen molar-refractivity contribution in [1.29, 1.82) is 0 Å². The third-order valence-corrected chi connectivity index (χ3v) is 2.35. The number of rotatable bonds is 3. The molecule has 0 aliphatic heterocycles. The van der Waals surface area contributed by atoms with Crippen LogP contribution in [0.4, 0.5) is 0 Å². The van der Waals surface area contributed by atoms with Gasteiger partial charge in [-0.25, -0.2) is 0 Å². The van der Waals surface area contributed by atoms with Gasteiger partial charge in [0, 0.05) is 6.04 Å². The maximum absolute atomic E-state index is 6.15. The Hall–Kier alpha value is -0.730. The summed E-state index contributed by atoms with van der Waals surface area (Å²) >= 11 is 0. The minimum Gasteiger partial charge on any atom is -0.497 e. The standard InChI is InChI=1S/C13H21NO.ClH/c1-13(2,3)9-12(14)10-6-5-7-11(8-10)15-4;/h5-8,12H,9,14H2,1-4H3;1H. The zero-order valence-electron chi connectivity index (χ0n) is 10.5. The van der Waals surface area contributed by atoms with Gasteiger partial charge in [0.15, 0.2) is 0 Å². The summed E-state index contributed by atoms with van der Waals surface area (Å²) in [5.74, 6) is 0.872. The summed E-state index contributed by atoms with van der Waals surface area (Å²) in [6.07, 6.45) is 0.972. The minimum absolute atomic E-state index is 0. The van der Waals surface area contributed by atoms with Gasteiger partial charge in [0.1, 0.15) is 5.75 Å². The fourth-order valence-corrected chi connectivity index (χ4v) is 1.65. The first-order valence-electron chi connectivity index (χ1n) is 5.32. The molecule has 0 aliphatic rings. The van der Waals surface area contributed by atoms with Gasteiger partial charge in [-0.1, -0.05) is 32.9 Å². The zero-order chi connectivity index (χ0) is 11.5. The lowest BCUT2D eigenvalue weighted by atomic mass is 9.86. The normalized spacial score (nSPS) is 12.8. The lowest BCUT2D eigenvalue weighted by molar-refractivity contribution is 0.342. The second kappa shape index (κ2) is 6.12. The van der Waals surface area contributed by atoms with Crippen molar-refractivity contribution in [3.05, 3.63) is 29.8 Å². The molecular weight excluding hydrogens is 222 g/mol. The summed E-state index contributed by atoms with van der Waals surface area (Å²) in [5, 5.41) is 0. The maximum Gasteiger partial charge on any atom is 0.119 e. The summed E-state index contributed by atoms with van der Waals surface area (Å²) in [4.78, 5) is 0. The molecule has 3 heteroatoms. The van der Waals surface area contributed by atoms with E-state index in [4.69, 9.17) is 10.5 Å². The fraction of sp³-hybridized carbons (Fsp3) is 0.538. The van der Waals surface area contributed by atoms with Crippen LogP contribution in [0, 0.1) is 5.41 Å². The molecule has 0 radical (unpaired) electrons. The molecule has 0 heterocycles. The number of benzene rings is 1. The van der Waals surface area contributed by atoms with Gasteiger partial charge in [-0.3, -0.25) is 0 Å². The number of nitrogens with two attached hydrogens (primary N) is 1. The largest absolute Gasteiger partial charge is 0.497 e. The lowest BCUT2D eigenvalue weighted by Gasteiger charge is -2.23. The second-order valence-corrected chi connectivity index (χ2v) is 5.15. The van der Waals surface area contributed by atoms with Gasteiger partial charge < -0.3 is 10.5 Å². The van der Waals surface area contributed by atoms with Gasteiger partial charge in [-0.15, -0.1) is 12.4 Å². The Morgan fingerprint density at radius 2 is 1.94 bits per heavy atom. The molecule has 1 unspecified atom stereocenters. The highest BCUT2D eigenvalue weighted by atomic mass is 35.5. The van der Waals surface area contributed by atoms with E-state index in [1.165, 1.54) is 0 Å². The van der Waals surface area contributed by atoms with Crippen LogP contribution in [0.15, 0.2) is 24.3 Å². The highest BCUT2D eigenvalue weighted by Gasteiger charge is 2.17. The van der Waals surface area contributed by atoms with Crippen LogP contribution >= 0.6 is 12.4 Å². The van der Waals surface area contributed by atoms with Crippen molar-refractivity contribution in [2.24, 2.45) is 11.1 Å². The van der Waals surface area contributed by atoms with Gasteiger partial charge in [-0.05, 0) is 29.5 Å². The summed E-state index contributed by atoms with van der Waals surface area (Å²) in [6.45, 7) is 6.60. The Bertz CT molecular complexity index is 320. The summed E-state index contributed by atoms with van der Waals surface area (Å²) in [6, 6.07) is 8.07. The van der Waals surface area contributed by atoms with E-state index >= 15 is 0 Å². The molecule has 1 aromatic carbocycles. The lowest BCUT2D eigenvalue weighted by Crippen LogP contribution is -2.18. The molecule has 0 amide bonds. The quantitative estimate of drug-likeness (QED) is 0.881.